The van der Waals surface area contributed by atoms with Gasteiger partial charge >= 0.3 is 0 Å². The summed E-state index contributed by atoms with van der Waals surface area (Å²) < 4.78 is 0. The van der Waals surface area contributed by atoms with Gasteiger partial charge in [0.1, 0.15) is 0 Å². The van der Waals surface area contributed by atoms with Crippen molar-refractivity contribution in [3.05, 3.63) is 71.8 Å². The molecule has 2 aliphatic rings. The number of hydrogen-bond acceptors (Lipinski definition) is 3. The number of anilines is 1. The van der Waals surface area contributed by atoms with Crippen LogP contribution in [0.5, 0.6) is 0 Å². The molecule has 5 heteroatoms. The Kier molecular flexibility index (Phi) is 6.06. The zero-order chi connectivity index (χ0) is 20.1. The van der Waals surface area contributed by atoms with Crippen LogP contribution in [0.4, 0.5) is 5.69 Å². The molecule has 2 fully saturated rings. The second-order valence-electron chi connectivity index (χ2n) is 7.75. The van der Waals surface area contributed by atoms with E-state index in [-0.39, 0.29) is 17.7 Å². The molecule has 29 heavy (non-hydrogen) atoms. The molecule has 1 saturated carbocycles. The van der Waals surface area contributed by atoms with Crippen LogP contribution in [-0.4, -0.2) is 54.3 Å². The largest absolute Gasteiger partial charge is 0.336 e. The lowest BCUT2D eigenvalue weighted by Crippen LogP contribution is -2.48. The molecule has 1 N–H and O–H groups in total. The summed E-state index contributed by atoms with van der Waals surface area (Å²) in [5.41, 5.74) is 2.64. The van der Waals surface area contributed by atoms with Gasteiger partial charge in [0.15, 0.2) is 0 Å². The Morgan fingerprint density at radius 2 is 1.62 bits per heavy atom. The molecule has 0 bridgehead atoms. The number of carbonyl (C=O) groups is 2. The maximum absolute atomic E-state index is 12.8. The average molecular weight is 389 g/mol. The highest BCUT2D eigenvalue weighted by molar-refractivity contribution is 5.96. The van der Waals surface area contributed by atoms with Gasteiger partial charge in [0, 0.05) is 49.9 Å². The molecule has 0 radical (unpaired) electrons. The Hall–Kier alpha value is -2.92. The van der Waals surface area contributed by atoms with E-state index < -0.39 is 0 Å². The Morgan fingerprint density at radius 3 is 2.28 bits per heavy atom. The minimum absolute atomic E-state index is 0.0598. The molecule has 2 aromatic carbocycles. The Bertz CT molecular complexity index is 865. The molecule has 1 aliphatic heterocycles. The van der Waals surface area contributed by atoms with E-state index in [4.69, 9.17) is 0 Å². The monoisotopic (exact) mass is 389 g/mol. The topological polar surface area (TPSA) is 52.7 Å². The molecular weight excluding hydrogens is 362 g/mol. The molecule has 0 atom stereocenters. The van der Waals surface area contributed by atoms with Crippen LogP contribution in [0.25, 0.3) is 6.08 Å². The lowest BCUT2D eigenvalue weighted by Gasteiger charge is -2.34. The first-order valence-corrected chi connectivity index (χ1v) is 10.3. The van der Waals surface area contributed by atoms with E-state index in [0.29, 0.717) is 5.56 Å². The molecule has 0 spiro atoms. The Morgan fingerprint density at radius 1 is 0.931 bits per heavy atom. The van der Waals surface area contributed by atoms with Crippen molar-refractivity contribution < 1.29 is 9.59 Å². The summed E-state index contributed by atoms with van der Waals surface area (Å²) >= 11 is 0. The van der Waals surface area contributed by atoms with Crippen molar-refractivity contribution in [1.82, 2.24) is 9.80 Å². The average Bonchev–Trinajstić information content (AvgIpc) is 3.61. The van der Waals surface area contributed by atoms with Crippen molar-refractivity contribution in [3.8, 4) is 0 Å². The zero-order valence-electron chi connectivity index (χ0n) is 16.6. The molecule has 1 saturated heterocycles. The fourth-order valence-corrected chi connectivity index (χ4v) is 3.50. The van der Waals surface area contributed by atoms with Crippen LogP contribution in [0.2, 0.25) is 0 Å². The van der Waals surface area contributed by atoms with Crippen LogP contribution < -0.4 is 5.32 Å². The van der Waals surface area contributed by atoms with E-state index >= 15 is 0 Å². The van der Waals surface area contributed by atoms with Crippen molar-refractivity contribution in [2.24, 2.45) is 5.92 Å². The van der Waals surface area contributed by atoms with Crippen molar-refractivity contribution in [3.63, 3.8) is 0 Å². The van der Waals surface area contributed by atoms with Gasteiger partial charge in [-0.15, -0.1) is 0 Å². The number of amides is 2. The number of carbonyl (C=O) groups excluding carboxylic acids is 2. The van der Waals surface area contributed by atoms with Crippen LogP contribution in [0.3, 0.4) is 0 Å². The first-order chi connectivity index (χ1) is 14.2. The SMILES string of the molecule is O=C(Nc1ccc(C(=O)N2CCN(C/C=C/c3ccccc3)CC2)cc1)C1CC1. The summed E-state index contributed by atoms with van der Waals surface area (Å²) in [7, 11) is 0. The third-order valence-corrected chi connectivity index (χ3v) is 5.48. The van der Waals surface area contributed by atoms with Crippen molar-refractivity contribution >= 4 is 23.6 Å². The molecular formula is C24H27N3O2. The molecule has 0 aromatic heterocycles. The van der Waals surface area contributed by atoms with Gasteiger partial charge in [-0.1, -0.05) is 42.5 Å². The zero-order valence-corrected chi connectivity index (χ0v) is 16.6. The molecule has 2 amide bonds. The van der Waals surface area contributed by atoms with E-state index in [0.717, 1.165) is 51.3 Å². The maximum atomic E-state index is 12.8. The number of nitrogens with zero attached hydrogens (tertiary/aromatic N) is 2. The Labute approximate surface area is 172 Å². The van der Waals surface area contributed by atoms with Gasteiger partial charge in [-0.3, -0.25) is 14.5 Å². The van der Waals surface area contributed by atoms with Gasteiger partial charge in [-0.2, -0.15) is 0 Å². The van der Waals surface area contributed by atoms with Crippen LogP contribution in [0, 0.1) is 5.92 Å². The fraction of sp³-hybridized carbons (Fsp3) is 0.333. The number of nitrogens with one attached hydrogen (secondary N) is 1. The van der Waals surface area contributed by atoms with Gasteiger partial charge < -0.3 is 10.2 Å². The third-order valence-electron chi connectivity index (χ3n) is 5.48. The standard InChI is InChI=1S/C24H27N3O2/c28-23(20-8-9-20)25-22-12-10-21(11-13-22)24(29)27-17-15-26(16-18-27)14-4-7-19-5-2-1-3-6-19/h1-7,10-13,20H,8-9,14-18H2,(H,25,28)/b7-4+. The van der Waals surface area contributed by atoms with Gasteiger partial charge in [-0.05, 0) is 42.7 Å². The summed E-state index contributed by atoms with van der Waals surface area (Å²) in [5, 5.41) is 2.91. The minimum Gasteiger partial charge on any atom is -0.336 e. The predicted molar refractivity (Wildman–Crippen MR) is 116 cm³/mol. The molecule has 150 valence electrons. The van der Waals surface area contributed by atoms with Crippen molar-refractivity contribution in [1.29, 1.82) is 0 Å². The van der Waals surface area contributed by atoms with Crippen LogP contribution in [0.1, 0.15) is 28.8 Å². The number of hydrogen-bond donors (Lipinski definition) is 1. The van der Waals surface area contributed by atoms with Gasteiger partial charge in [-0.25, -0.2) is 0 Å². The lowest BCUT2D eigenvalue weighted by atomic mass is 10.1. The number of rotatable bonds is 6. The van der Waals surface area contributed by atoms with E-state index in [1.54, 1.807) is 12.1 Å². The van der Waals surface area contributed by atoms with Crippen molar-refractivity contribution in [2.75, 3.05) is 38.0 Å². The predicted octanol–water partition coefficient (Wildman–Crippen LogP) is 3.51. The highest BCUT2D eigenvalue weighted by atomic mass is 16.2. The van der Waals surface area contributed by atoms with E-state index in [1.807, 2.05) is 35.2 Å². The van der Waals surface area contributed by atoms with E-state index in [1.165, 1.54) is 5.56 Å². The normalized spacial score (nSPS) is 17.4. The first-order valence-electron chi connectivity index (χ1n) is 10.3. The lowest BCUT2D eigenvalue weighted by molar-refractivity contribution is -0.117. The third kappa shape index (κ3) is 5.33. The molecule has 2 aromatic rings. The van der Waals surface area contributed by atoms with E-state index in [9.17, 15) is 9.59 Å². The number of piperazine rings is 1. The highest BCUT2D eigenvalue weighted by Crippen LogP contribution is 2.30. The molecule has 1 heterocycles. The molecule has 4 rings (SSSR count). The van der Waals surface area contributed by atoms with Crippen molar-refractivity contribution in [2.45, 2.75) is 12.8 Å². The van der Waals surface area contributed by atoms with Gasteiger partial charge in [0.25, 0.3) is 5.91 Å². The van der Waals surface area contributed by atoms with Crippen LogP contribution >= 0.6 is 0 Å². The summed E-state index contributed by atoms with van der Waals surface area (Å²) in [5.74, 6) is 0.321. The maximum Gasteiger partial charge on any atom is 0.253 e. The quantitative estimate of drug-likeness (QED) is 0.823. The summed E-state index contributed by atoms with van der Waals surface area (Å²) in [6, 6.07) is 17.5. The second-order valence-corrected chi connectivity index (χ2v) is 7.75. The molecule has 5 nitrogen and oxygen atoms in total. The fourth-order valence-electron chi connectivity index (χ4n) is 3.50. The first kappa shape index (κ1) is 19.4. The number of benzene rings is 2. The second kappa shape index (κ2) is 9.05. The van der Waals surface area contributed by atoms with Gasteiger partial charge in [0.2, 0.25) is 5.91 Å². The van der Waals surface area contributed by atoms with Gasteiger partial charge in [0.05, 0.1) is 0 Å². The Balaban J connectivity index is 1.24. The summed E-state index contributed by atoms with van der Waals surface area (Å²) in [6.07, 6.45) is 6.29. The molecule has 1 aliphatic carbocycles. The van der Waals surface area contributed by atoms with Crippen LogP contribution in [0.15, 0.2) is 60.7 Å². The summed E-state index contributed by atoms with van der Waals surface area (Å²) in [6.45, 7) is 4.11. The van der Waals surface area contributed by atoms with Crippen LogP contribution in [-0.2, 0) is 4.79 Å². The highest BCUT2D eigenvalue weighted by Gasteiger charge is 2.29. The molecule has 0 unspecified atom stereocenters. The van der Waals surface area contributed by atoms with E-state index in [2.05, 4.69) is 34.5 Å². The summed E-state index contributed by atoms with van der Waals surface area (Å²) in [4.78, 5) is 28.9. The smallest absolute Gasteiger partial charge is 0.253 e. The minimum atomic E-state index is 0.0598.